The van der Waals surface area contributed by atoms with Crippen LogP contribution in [0, 0.1) is 21.4 Å². The van der Waals surface area contributed by atoms with Gasteiger partial charge in [-0.2, -0.15) is 5.26 Å². The summed E-state index contributed by atoms with van der Waals surface area (Å²) in [7, 11) is 0. The molecule has 2 aromatic carbocycles. The van der Waals surface area contributed by atoms with Gasteiger partial charge in [0.2, 0.25) is 0 Å². The van der Waals surface area contributed by atoms with Crippen molar-refractivity contribution < 1.29 is 9.72 Å². The van der Waals surface area contributed by atoms with Gasteiger partial charge in [0, 0.05) is 47.9 Å². The second-order valence-electron chi connectivity index (χ2n) is 8.54. The number of carbonyl (C=O) groups is 1. The molecule has 3 aromatic rings. The molecule has 1 aliphatic heterocycles. The van der Waals surface area contributed by atoms with Crippen molar-refractivity contribution in [3.05, 3.63) is 123 Å². The number of aromatic nitrogens is 1. The minimum absolute atomic E-state index is 0.0545. The second-order valence-corrected chi connectivity index (χ2v) is 8.54. The molecule has 1 aliphatic carbocycles. The number of nitro benzene ring substituents is 1. The Morgan fingerprint density at radius 3 is 2.37 bits per heavy atom. The van der Waals surface area contributed by atoms with E-state index in [9.17, 15) is 20.2 Å². The van der Waals surface area contributed by atoms with Gasteiger partial charge in [0.15, 0.2) is 5.78 Å². The molecule has 0 fully saturated rings. The van der Waals surface area contributed by atoms with Gasteiger partial charge in [-0.05, 0) is 41.7 Å². The first-order chi connectivity index (χ1) is 17.0. The van der Waals surface area contributed by atoms with Crippen LogP contribution in [0.25, 0.3) is 0 Å². The second kappa shape index (κ2) is 8.88. The van der Waals surface area contributed by atoms with E-state index < -0.39 is 10.8 Å². The summed E-state index contributed by atoms with van der Waals surface area (Å²) in [6.07, 6.45) is 4.13. The number of non-ortho nitro benzene ring substituents is 1. The molecular formula is C27H21N5O3. The number of carbonyl (C=O) groups excluding carboxylic acids is 1. The predicted octanol–water partition coefficient (Wildman–Crippen LogP) is 4.69. The summed E-state index contributed by atoms with van der Waals surface area (Å²) >= 11 is 0. The van der Waals surface area contributed by atoms with Crippen molar-refractivity contribution >= 4 is 17.2 Å². The van der Waals surface area contributed by atoms with Crippen molar-refractivity contribution in [3.8, 4) is 6.07 Å². The number of allylic oxidation sites excluding steroid dienone is 3. The zero-order chi connectivity index (χ0) is 24.5. The highest BCUT2D eigenvalue weighted by Crippen LogP contribution is 2.49. The monoisotopic (exact) mass is 463 g/mol. The van der Waals surface area contributed by atoms with E-state index in [1.807, 2.05) is 36.4 Å². The summed E-state index contributed by atoms with van der Waals surface area (Å²) in [5.41, 5.74) is 10.3. The summed E-state index contributed by atoms with van der Waals surface area (Å²) in [6, 6.07) is 21.6. The Morgan fingerprint density at radius 2 is 1.74 bits per heavy atom. The average molecular weight is 463 g/mol. The fraction of sp³-hybridized carbons (Fsp3) is 0.148. The van der Waals surface area contributed by atoms with Crippen molar-refractivity contribution in [2.75, 3.05) is 4.90 Å². The molecule has 35 heavy (non-hydrogen) atoms. The number of hydrogen-bond donors (Lipinski definition) is 1. The van der Waals surface area contributed by atoms with Gasteiger partial charge in [-0.25, -0.2) is 0 Å². The smallest absolute Gasteiger partial charge is 0.269 e. The number of nitro groups is 1. The molecule has 8 nitrogen and oxygen atoms in total. The molecule has 0 bridgehead atoms. The Labute approximate surface area is 201 Å². The zero-order valence-corrected chi connectivity index (χ0v) is 18.7. The molecule has 0 saturated heterocycles. The van der Waals surface area contributed by atoms with Crippen LogP contribution >= 0.6 is 0 Å². The lowest BCUT2D eigenvalue weighted by atomic mass is 9.72. The first kappa shape index (κ1) is 22.0. The molecule has 0 unspecified atom stereocenters. The third-order valence-corrected chi connectivity index (χ3v) is 6.57. The van der Waals surface area contributed by atoms with Crippen molar-refractivity contribution in [2.24, 2.45) is 5.73 Å². The molecule has 172 valence electrons. The van der Waals surface area contributed by atoms with Crippen molar-refractivity contribution in [2.45, 2.75) is 24.7 Å². The molecule has 2 heterocycles. The van der Waals surface area contributed by atoms with Crippen LogP contribution in [0.5, 0.6) is 0 Å². The number of hydrogen-bond acceptors (Lipinski definition) is 7. The minimum atomic E-state index is -0.623. The Bertz CT molecular complexity index is 1410. The lowest BCUT2D eigenvalue weighted by Crippen LogP contribution is -2.40. The molecular weight excluding hydrogens is 442 g/mol. The zero-order valence-electron chi connectivity index (χ0n) is 18.7. The van der Waals surface area contributed by atoms with Gasteiger partial charge >= 0.3 is 0 Å². The van der Waals surface area contributed by atoms with Gasteiger partial charge in [-0.15, -0.1) is 0 Å². The Kier molecular flexibility index (Phi) is 5.59. The van der Waals surface area contributed by atoms with Gasteiger partial charge in [-0.3, -0.25) is 24.8 Å². The minimum Gasteiger partial charge on any atom is -0.384 e. The maximum Gasteiger partial charge on any atom is 0.269 e. The average Bonchev–Trinajstić information content (AvgIpc) is 2.89. The topological polar surface area (TPSA) is 126 Å². The Morgan fingerprint density at radius 1 is 1.03 bits per heavy atom. The number of benzene rings is 2. The van der Waals surface area contributed by atoms with Crippen molar-refractivity contribution in [3.63, 3.8) is 0 Å². The van der Waals surface area contributed by atoms with Gasteiger partial charge in [0.1, 0.15) is 5.82 Å². The number of pyridine rings is 1. The fourth-order valence-corrected chi connectivity index (χ4v) is 4.99. The van der Waals surface area contributed by atoms with E-state index in [2.05, 4.69) is 11.1 Å². The van der Waals surface area contributed by atoms with E-state index in [4.69, 9.17) is 5.73 Å². The number of Topliss-reactive ketones (excluding diaryl/α,β-unsaturated/α-hetero) is 1. The lowest BCUT2D eigenvalue weighted by Gasteiger charge is -2.41. The van der Waals surface area contributed by atoms with E-state index in [-0.39, 0.29) is 28.8 Å². The number of rotatable bonds is 4. The van der Waals surface area contributed by atoms with E-state index in [1.165, 1.54) is 12.1 Å². The molecule has 0 amide bonds. The predicted molar refractivity (Wildman–Crippen MR) is 130 cm³/mol. The highest BCUT2D eigenvalue weighted by Gasteiger charge is 2.43. The number of nitrogens with zero attached hydrogens (tertiary/aromatic N) is 4. The largest absolute Gasteiger partial charge is 0.384 e. The summed E-state index contributed by atoms with van der Waals surface area (Å²) < 4.78 is 0. The van der Waals surface area contributed by atoms with Crippen LogP contribution in [0.2, 0.25) is 0 Å². The van der Waals surface area contributed by atoms with Gasteiger partial charge in [-0.1, -0.05) is 36.4 Å². The summed E-state index contributed by atoms with van der Waals surface area (Å²) in [4.78, 5) is 30.3. The number of ketones is 1. The number of anilines is 1. The van der Waals surface area contributed by atoms with Crippen LogP contribution < -0.4 is 10.6 Å². The van der Waals surface area contributed by atoms with Gasteiger partial charge in [0.05, 0.1) is 22.5 Å². The van der Waals surface area contributed by atoms with Crippen LogP contribution in [-0.2, 0) is 4.79 Å². The van der Waals surface area contributed by atoms with Crippen LogP contribution in [0.4, 0.5) is 11.4 Å². The first-order valence-corrected chi connectivity index (χ1v) is 11.1. The SMILES string of the molecule is N#CC1=C(N)N(c2ccc([N+](=O)[O-])cc2)C2=C(C(=O)C[C@@H](c3ccccc3)C2)[C@@H]1c1cccnc1. The standard InChI is InChI=1S/C27H21N5O3/c28-15-22-25(18-7-4-12-30-16-18)26-23(13-19(14-24(26)33)17-5-2-1-3-6-17)31(27(22)29)20-8-10-21(11-9-20)32(34)35/h1-12,16,19,25H,13-14,29H2/t19-,25+/m0/s1. The molecule has 8 heteroatoms. The molecule has 0 saturated carbocycles. The van der Waals surface area contributed by atoms with E-state index in [0.717, 1.165) is 11.1 Å². The normalized spacial score (nSPS) is 19.9. The molecule has 5 rings (SSSR count). The van der Waals surface area contributed by atoms with Crippen molar-refractivity contribution in [1.29, 1.82) is 5.26 Å². The van der Waals surface area contributed by atoms with E-state index >= 15 is 0 Å². The fourth-order valence-electron chi connectivity index (χ4n) is 4.99. The molecule has 2 N–H and O–H groups in total. The maximum atomic E-state index is 13.7. The van der Waals surface area contributed by atoms with E-state index in [0.29, 0.717) is 29.8 Å². The third-order valence-electron chi connectivity index (χ3n) is 6.57. The number of nitriles is 1. The summed E-state index contributed by atoms with van der Waals surface area (Å²) in [6.45, 7) is 0. The molecule has 1 aromatic heterocycles. The molecule has 0 spiro atoms. The highest BCUT2D eigenvalue weighted by molar-refractivity contribution is 6.01. The van der Waals surface area contributed by atoms with Crippen LogP contribution in [-0.4, -0.2) is 15.7 Å². The molecule has 2 aliphatic rings. The Hall–Kier alpha value is -4.77. The quantitative estimate of drug-likeness (QED) is 0.439. The molecule has 2 atom stereocenters. The van der Waals surface area contributed by atoms with Crippen LogP contribution in [0.1, 0.15) is 35.8 Å². The maximum absolute atomic E-state index is 13.7. The lowest BCUT2D eigenvalue weighted by molar-refractivity contribution is -0.384. The van der Waals surface area contributed by atoms with Gasteiger partial charge in [0.25, 0.3) is 5.69 Å². The van der Waals surface area contributed by atoms with Gasteiger partial charge < -0.3 is 5.73 Å². The summed E-state index contributed by atoms with van der Waals surface area (Å²) in [5, 5.41) is 21.3. The Balaban J connectivity index is 1.71. The van der Waals surface area contributed by atoms with Crippen LogP contribution in [0.3, 0.4) is 0 Å². The van der Waals surface area contributed by atoms with Crippen LogP contribution in [0.15, 0.2) is 102 Å². The highest BCUT2D eigenvalue weighted by atomic mass is 16.6. The third kappa shape index (κ3) is 3.83. The summed E-state index contributed by atoms with van der Waals surface area (Å²) in [5.74, 6) is -0.534. The first-order valence-electron chi connectivity index (χ1n) is 11.1. The molecule has 0 radical (unpaired) electrons. The van der Waals surface area contributed by atoms with E-state index in [1.54, 1.807) is 35.5 Å². The number of nitrogens with two attached hydrogens (primary N) is 1. The van der Waals surface area contributed by atoms with Crippen molar-refractivity contribution in [1.82, 2.24) is 4.98 Å².